The number of likely N-dealkylation sites (tertiary alicyclic amines) is 1. The number of ether oxygens (including phenoxy) is 1. The van der Waals surface area contributed by atoms with Gasteiger partial charge in [-0.25, -0.2) is 0 Å². The minimum absolute atomic E-state index is 0. The lowest BCUT2D eigenvalue weighted by Crippen LogP contribution is -2.37. The van der Waals surface area contributed by atoms with Gasteiger partial charge in [-0.2, -0.15) is 0 Å². The van der Waals surface area contributed by atoms with E-state index in [1.165, 1.54) is 29.8 Å². The van der Waals surface area contributed by atoms with E-state index in [-0.39, 0.29) is 49.1 Å². The summed E-state index contributed by atoms with van der Waals surface area (Å²) in [6, 6.07) is 15.4. The monoisotopic (exact) mass is 429 g/mol. The maximum Gasteiger partial charge on any atom is 0.573 e. The molecule has 9 heteroatoms. The summed E-state index contributed by atoms with van der Waals surface area (Å²) in [7, 11) is 0. The Kier molecular flexibility index (Phi) is 7.89. The van der Waals surface area contributed by atoms with Crippen molar-refractivity contribution >= 4 is 18.3 Å². The molecule has 0 radical (unpaired) electrons. The molecule has 1 aliphatic rings. The molecule has 1 heterocycles. The maximum absolute atomic E-state index is 12.2. The second-order valence-electron chi connectivity index (χ2n) is 6.84. The Hall–Kier alpha value is -2.29. The number of halogens is 4. The molecule has 2 aromatic carbocycles. The van der Waals surface area contributed by atoms with Crippen molar-refractivity contribution in [3.05, 3.63) is 65.7 Å². The number of alkyl halides is 3. The fraction of sp³-hybridized carbons (Fsp3) is 0.350. The second kappa shape index (κ2) is 9.96. The van der Waals surface area contributed by atoms with Crippen molar-refractivity contribution in [2.24, 2.45) is 5.73 Å². The Bertz CT molecular complexity index is 788. The third-order valence-corrected chi connectivity index (χ3v) is 4.68. The van der Waals surface area contributed by atoms with E-state index >= 15 is 0 Å². The third kappa shape index (κ3) is 6.92. The molecule has 2 aromatic rings. The zero-order valence-corrected chi connectivity index (χ0v) is 16.4. The van der Waals surface area contributed by atoms with Crippen LogP contribution in [0, 0.1) is 0 Å². The topological polar surface area (TPSA) is 67.6 Å². The maximum atomic E-state index is 12.2. The molecule has 1 saturated heterocycles. The van der Waals surface area contributed by atoms with Crippen molar-refractivity contribution in [1.29, 1.82) is 0 Å². The number of hydrogen-bond acceptors (Lipinski definition) is 4. The summed E-state index contributed by atoms with van der Waals surface area (Å²) in [4.78, 5) is 14.2. The van der Waals surface area contributed by atoms with Gasteiger partial charge < -0.3 is 15.8 Å². The van der Waals surface area contributed by atoms with E-state index in [0.717, 1.165) is 0 Å². The van der Waals surface area contributed by atoms with Crippen molar-refractivity contribution in [2.75, 3.05) is 19.6 Å². The predicted molar refractivity (Wildman–Crippen MR) is 106 cm³/mol. The molecule has 0 aliphatic carbocycles. The Morgan fingerprint density at radius 3 is 2.38 bits per heavy atom. The van der Waals surface area contributed by atoms with Crippen molar-refractivity contribution in [3.8, 4) is 5.75 Å². The van der Waals surface area contributed by atoms with E-state index in [4.69, 9.17) is 5.73 Å². The summed E-state index contributed by atoms with van der Waals surface area (Å²) in [6.07, 6.45) is -4.72. The first-order chi connectivity index (χ1) is 13.3. The quantitative estimate of drug-likeness (QED) is 0.740. The van der Waals surface area contributed by atoms with Gasteiger partial charge in [-0.1, -0.05) is 42.5 Å². The highest BCUT2D eigenvalue weighted by molar-refractivity contribution is 5.85. The number of rotatable bonds is 6. The fourth-order valence-electron chi connectivity index (χ4n) is 3.36. The van der Waals surface area contributed by atoms with Gasteiger partial charge in [-0.15, -0.1) is 25.6 Å². The highest BCUT2D eigenvalue weighted by Crippen LogP contribution is 2.26. The van der Waals surface area contributed by atoms with Crippen LogP contribution in [0.3, 0.4) is 0 Å². The number of nitrogens with two attached hydrogens (primary N) is 1. The molecule has 158 valence electrons. The number of nitrogens with one attached hydrogen (secondary N) is 1. The minimum Gasteiger partial charge on any atom is -0.406 e. The summed E-state index contributed by atoms with van der Waals surface area (Å²) >= 11 is 0. The Balaban J connectivity index is 0.00000300. The molecule has 5 nitrogen and oxygen atoms in total. The molecule has 1 amide bonds. The van der Waals surface area contributed by atoms with E-state index in [1.807, 2.05) is 35.2 Å². The SMILES string of the molecule is Cl.N[C@@H]1CN(CC(=O)NCc2ccc(OC(F)(F)F)cc2)C[C@H]1c1ccccc1. The average Bonchev–Trinajstić information content (AvgIpc) is 3.01. The number of nitrogens with zero attached hydrogens (tertiary/aromatic N) is 1. The van der Waals surface area contributed by atoms with Gasteiger partial charge >= 0.3 is 6.36 Å². The molecule has 0 saturated carbocycles. The Labute approximate surface area is 173 Å². The summed E-state index contributed by atoms with van der Waals surface area (Å²) in [5.41, 5.74) is 8.08. The molecular weight excluding hydrogens is 407 g/mol. The summed E-state index contributed by atoms with van der Waals surface area (Å²) in [5, 5.41) is 2.78. The minimum atomic E-state index is -4.72. The van der Waals surface area contributed by atoms with Crippen LogP contribution in [-0.4, -0.2) is 42.8 Å². The first-order valence-corrected chi connectivity index (χ1v) is 8.94. The van der Waals surface area contributed by atoms with Gasteiger partial charge in [0.2, 0.25) is 5.91 Å². The second-order valence-corrected chi connectivity index (χ2v) is 6.84. The molecule has 0 unspecified atom stereocenters. The number of benzene rings is 2. The molecule has 0 bridgehead atoms. The largest absolute Gasteiger partial charge is 0.573 e. The lowest BCUT2D eigenvalue weighted by Gasteiger charge is -2.16. The molecular formula is C20H23ClF3N3O2. The van der Waals surface area contributed by atoms with Crippen LogP contribution in [-0.2, 0) is 11.3 Å². The predicted octanol–water partition coefficient (Wildman–Crippen LogP) is 3.05. The van der Waals surface area contributed by atoms with Crippen LogP contribution < -0.4 is 15.8 Å². The van der Waals surface area contributed by atoms with Gasteiger partial charge in [0.1, 0.15) is 5.75 Å². The van der Waals surface area contributed by atoms with E-state index in [2.05, 4.69) is 10.1 Å². The molecule has 2 atom stereocenters. The standard InChI is InChI=1S/C20H22F3N3O2.ClH/c21-20(22,23)28-16-8-6-14(7-9-16)10-25-19(27)13-26-11-17(18(24)12-26)15-4-2-1-3-5-15;/h1-9,17-18H,10-13,24H2,(H,25,27);1H/t17-,18+;/m0./s1. The lowest BCUT2D eigenvalue weighted by atomic mass is 9.95. The van der Waals surface area contributed by atoms with E-state index < -0.39 is 6.36 Å². The number of hydrogen-bond donors (Lipinski definition) is 2. The fourth-order valence-corrected chi connectivity index (χ4v) is 3.36. The molecule has 1 aliphatic heterocycles. The van der Waals surface area contributed by atoms with Crippen molar-refractivity contribution < 1.29 is 22.7 Å². The van der Waals surface area contributed by atoms with E-state index in [9.17, 15) is 18.0 Å². The van der Waals surface area contributed by atoms with Gasteiger partial charge in [0.15, 0.2) is 0 Å². The van der Waals surface area contributed by atoms with Crippen LogP contribution in [0.2, 0.25) is 0 Å². The molecule has 0 spiro atoms. The lowest BCUT2D eigenvalue weighted by molar-refractivity contribution is -0.274. The van der Waals surface area contributed by atoms with Gasteiger partial charge in [0.05, 0.1) is 6.54 Å². The number of carbonyl (C=O) groups excluding carboxylic acids is 1. The third-order valence-electron chi connectivity index (χ3n) is 4.68. The van der Waals surface area contributed by atoms with Gasteiger partial charge in [-0.05, 0) is 23.3 Å². The highest BCUT2D eigenvalue weighted by atomic mass is 35.5. The first-order valence-electron chi connectivity index (χ1n) is 8.94. The van der Waals surface area contributed by atoms with E-state index in [0.29, 0.717) is 18.7 Å². The molecule has 3 N–H and O–H groups in total. The normalized spacial score (nSPS) is 19.4. The number of amides is 1. The first kappa shape index (κ1) is 23.0. The Morgan fingerprint density at radius 2 is 1.76 bits per heavy atom. The zero-order valence-electron chi connectivity index (χ0n) is 15.6. The van der Waals surface area contributed by atoms with Gasteiger partial charge in [0, 0.05) is 31.6 Å². The number of carbonyl (C=O) groups is 1. The van der Waals surface area contributed by atoms with Crippen molar-refractivity contribution in [3.63, 3.8) is 0 Å². The molecule has 0 aromatic heterocycles. The van der Waals surface area contributed by atoms with Crippen molar-refractivity contribution in [2.45, 2.75) is 24.9 Å². The van der Waals surface area contributed by atoms with Crippen LogP contribution in [0.15, 0.2) is 54.6 Å². The molecule has 1 fully saturated rings. The highest BCUT2D eigenvalue weighted by Gasteiger charge is 2.32. The van der Waals surface area contributed by atoms with E-state index in [1.54, 1.807) is 0 Å². The summed E-state index contributed by atoms with van der Waals surface area (Å²) in [5.74, 6) is -0.257. The van der Waals surface area contributed by atoms with Gasteiger partial charge in [-0.3, -0.25) is 9.69 Å². The average molecular weight is 430 g/mol. The van der Waals surface area contributed by atoms with Crippen LogP contribution in [0.1, 0.15) is 17.0 Å². The summed E-state index contributed by atoms with van der Waals surface area (Å²) in [6.45, 7) is 1.80. The molecule has 3 rings (SSSR count). The smallest absolute Gasteiger partial charge is 0.406 e. The summed E-state index contributed by atoms with van der Waals surface area (Å²) < 4.78 is 40.3. The van der Waals surface area contributed by atoms with Crippen molar-refractivity contribution in [1.82, 2.24) is 10.2 Å². The van der Waals surface area contributed by atoms with Crippen LogP contribution in [0.25, 0.3) is 0 Å². The van der Waals surface area contributed by atoms with Gasteiger partial charge in [0.25, 0.3) is 0 Å². The molecule has 29 heavy (non-hydrogen) atoms. The zero-order chi connectivity index (χ0) is 20.1. The van der Waals surface area contributed by atoms with Crippen LogP contribution in [0.5, 0.6) is 5.75 Å². The Morgan fingerprint density at radius 1 is 1.10 bits per heavy atom. The van der Waals surface area contributed by atoms with Crippen LogP contribution >= 0.6 is 12.4 Å². The van der Waals surface area contributed by atoms with Crippen LogP contribution in [0.4, 0.5) is 13.2 Å².